The smallest absolute Gasteiger partial charge is 0.298 e. The Morgan fingerprint density at radius 2 is 2.19 bits per heavy atom. The van der Waals surface area contributed by atoms with Crippen molar-refractivity contribution in [3.8, 4) is 0 Å². The Labute approximate surface area is 121 Å². The highest BCUT2D eigenvalue weighted by Gasteiger charge is 2.26. The predicted octanol–water partition coefficient (Wildman–Crippen LogP) is 2.30. The number of benzene rings is 1. The fourth-order valence-corrected chi connectivity index (χ4v) is 2.82. The van der Waals surface area contributed by atoms with E-state index in [0.29, 0.717) is 23.0 Å². The Bertz CT molecular complexity index is 659. The lowest BCUT2D eigenvalue weighted by atomic mass is 9.91. The number of aromatic nitrogens is 1. The van der Waals surface area contributed by atoms with Gasteiger partial charge in [-0.25, -0.2) is 0 Å². The number of nitro benzene ring substituents is 1. The molecule has 2 N–H and O–H groups in total. The molecule has 0 bridgehead atoms. The summed E-state index contributed by atoms with van der Waals surface area (Å²) in [6.07, 6.45) is 1.97. The second kappa shape index (κ2) is 5.33. The van der Waals surface area contributed by atoms with Gasteiger partial charge in [0, 0.05) is 25.2 Å². The minimum Gasteiger partial charge on any atom is -0.423 e. The van der Waals surface area contributed by atoms with Crippen LogP contribution in [0.15, 0.2) is 22.6 Å². The van der Waals surface area contributed by atoms with Crippen molar-refractivity contribution in [1.29, 1.82) is 0 Å². The van der Waals surface area contributed by atoms with Crippen LogP contribution in [0.2, 0.25) is 0 Å². The van der Waals surface area contributed by atoms with Crippen LogP contribution in [0.1, 0.15) is 19.8 Å². The van der Waals surface area contributed by atoms with Gasteiger partial charge in [0.1, 0.15) is 0 Å². The van der Waals surface area contributed by atoms with Gasteiger partial charge in [0.15, 0.2) is 11.1 Å². The van der Waals surface area contributed by atoms with Crippen molar-refractivity contribution in [3.63, 3.8) is 0 Å². The first-order valence-electron chi connectivity index (χ1n) is 7.10. The van der Waals surface area contributed by atoms with E-state index >= 15 is 0 Å². The first kappa shape index (κ1) is 13.8. The Balaban J connectivity index is 1.86. The van der Waals surface area contributed by atoms with Gasteiger partial charge in [-0.3, -0.25) is 10.1 Å². The number of nitrogens with two attached hydrogens (primary N) is 1. The van der Waals surface area contributed by atoms with Crippen molar-refractivity contribution in [2.45, 2.75) is 25.8 Å². The van der Waals surface area contributed by atoms with Crippen molar-refractivity contribution in [1.82, 2.24) is 4.98 Å². The highest BCUT2D eigenvalue weighted by molar-refractivity contribution is 5.84. The molecule has 1 fully saturated rings. The highest BCUT2D eigenvalue weighted by atomic mass is 16.6. The highest BCUT2D eigenvalue weighted by Crippen LogP contribution is 2.31. The Morgan fingerprint density at radius 3 is 2.81 bits per heavy atom. The molecule has 0 amide bonds. The number of fused-ring (bicyclic) bond motifs is 1. The summed E-state index contributed by atoms with van der Waals surface area (Å²) in [5, 5.41) is 11.0. The molecule has 1 unspecified atom stereocenters. The topological polar surface area (TPSA) is 98.4 Å². The minimum atomic E-state index is -0.434. The number of piperidine rings is 1. The summed E-state index contributed by atoms with van der Waals surface area (Å²) >= 11 is 0. The number of nitro groups is 1. The quantitative estimate of drug-likeness (QED) is 0.688. The van der Waals surface area contributed by atoms with Gasteiger partial charge in [-0.15, -0.1) is 0 Å². The molecule has 2 heterocycles. The molecule has 1 aromatic carbocycles. The number of anilines is 1. The van der Waals surface area contributed by atoms with E-state index in [-0.39, 0.29) is 11.7 Å². The maximum atomic E-state index is 11.0. The van der Waals surface area contributed by atoms with Crippen molar-refractivity contribution < 1.29 is 9.34 Å². The van der Waals surface area contributed by atoms with Crippen LogP contribution >= 0.6 is 0 Å². The molecule has 1 saturated heterocycles. The number of oxazole rings is 1. The van der Waals surface area contributed by atoms with Gasteiger partial charge in [0.2, 0.25) is 0 Å². The predicted molar refractivity (Wildman–Crippen MR) is 79.2 cm³/mol. The molecular formula is C14H18N4O3. The lowest BCUT2D eigenvalue weighted by Gasteiger charge is -2.32. The van der Waals surface area contributed by atoms with E-state index in [0.717, 1.165) is 25.9 Å². The SMILES string of the molecule is CC(N)C1CCN(c2nc3c([N+](=O)[O-])cccc3o2)CC1. The number of para-hydroxylation sites is 1. The molecule has 1 aliphatic heterocycles. The van der Waals surface area contributed by atoms with Crippen LogP contribution in [0.25, 0.3) is 11.1 Å². The first-order chi connectivity index (χ1) is 10.1. The summed E-state index contributed by atoms with van der Waals surface area (Å²) in [7, 11) is 0. The molecule has 1 aromatic heterocycles. The van der Waals surface area contributed by atoms with Crippen molar-refractivity contribution in [2.75, 3.05) is 18.0 Å². The summed E-state index contributed by atoms with van der Waals surface area (Å²) < 4.78 is 5.67. The second-order valence-electron chi connectivity index (χ2n) is 5.56. The summed E-state index contributed by atoms with van der Waals surface area (Å²) in [4.78, 5) is 16.9. The number of hydrogen-bond donors (Lipinski definition) is 1. The van der Waals surface area contributed by atoms with Gasteiger partial charge < -0.3 is 15.1 Å². The molecule has 2 aromatic rings. The van der Waals surface area contributed by atoms with Crippen LogP contribution < -0.4 is 10.6 Å². The lowest BCUT2D eigenvalue weighted by Crippen LogP contribution is -2.39. The molecule has 112 valence electrons. The summed E-state index contributed by atoms with van der Waals surface area (Å²) in [5.41, 5.74) is 6.68. The third-order valence-corrected chi connectivity index (χ3v) is 4.14. The van der Waals surface area contributed by atoms with E-state index in [4.69, 9.17) is 10.2 Å². The van der Waals surface area contributed by atoms with E-state index in [1.807, 2.05) is 11.8 Å². The van der Waals surface area contributed by atoms with Crippen LogP contribution in [-0.4, -0.2) is 29.0 Å². The van der Waals surface area contributed by atoms with E-state index < -0.39 is 4.92 Å². The van der Waals surface area contributed by atoms with Gasteiger partial charge in [-0.1, -0.05) is 6.07 Å². The van der Waals surface area contributed by atoms with Crippen LogP contribution in [0, 0.1) is 16.0 Å². The number of non-ortho nitro benzene ring substituents is 1. The zero-order valence-corrected chi connectivity index (χ0v) is 11.9. The van der Waals surface area contributed by atoms with E-state index in [1.54, 1.807) is 12.1 Å². The molecule has 21 heavy (non-hydrogen) atoms. The van der Waals surface area contributed by atoms with Gasteiger partial charge in [0.25, 0.3) is 11.7 Å². The van der Waals surface area contributed by atoms with Crippen LogP contribution in [0.3, 0.4) is 0 Å². The van der Waals surface area contributed by atoms with Crippen LogP contribution in [0.4, 0.5) is 11.7 Å². The normalized spacial score (nSPS) is 18.1. The van der Waals surface area contributed by atoms with E-state index in [9.17, 15) is 10.1 Å². The maximum Gasteiger partial charge on any atom is 0.298 e. The Hall–Kier alpha value is -2.15. The van der Waals surface area contributed by atoms with E-state index in [1.165, 1.54) is 6.07 Å². The molecule has 7 heteroatoms. The fraction of sp³-hybridized carbons (Fsp3) is 0.500. The summed E-state index contributed by atoms with van der Waals surface area (Å²) in [6.45, 7) is 3.66. The Kier molecular flexibility index (Phi) is 3.50. The lowest BCUT2D eigenvalue weighted by molar-refractivity contribution is -0.383. The molecular weight excluding hydrogens is 272 g/mol. The van der Waals surface area contributed by atoms with Gasteiger partial charge >= 0.3 is 0 Å². The molecule has 3 rings (SSSR count). The molecule has 1 aliphatic rings. The van der Waals surface area contributed by atoms with Gasteiger partial charge in [-0.2, -0.15) is 4.98 Å². The molecule has 0 aliphatic carbocycles. The standard InChI is InChI=1S/C14H18N4O3/c1-9(15)10-5-7-17(8-6-10)14-16-13-11(18(19)20)3-2-4-12(13)21-14/h2-4,9-10H,5-8,15H2,1H3. The largest absolute Gasteiger partial charge is 0.423 e. The van der Waals surface area contributed by atoms with Crippen LogP contribution in [-0.2, 0) is 0 Å². The average Bonchev–Trinajstić information content (AvgIpc) is 2.90. The monoisotopic (exact) mass is 290 g/mol. The molecule has 0 saturated carbocycles. The zero-order valence-electron chi connectivity index (χ0n) is 11.9. The summed E-state index contributed by atoms with van der Waals surface area (Å²) in [5.74, 6) is 0.514. The molecule has 1 atom stereocenters. The van der Waals surface area contributed by atoms with Crippen molar-refractivity contribution in [3.05, 3.63) is 28.3 Å². The Morgan fingerprint density at radius 1 is 1.48 bits per heavy atom. The molecule has 7 nitrogen and oxygen atoms in total. The minimum absolute atomic E-state index is 0.0204. The molecule has 0 spiro atoms. The molecule has 0 radical (unpaired) electrons. The fourth-order valence-electron chi connectivity index (χ4n) is 2.82. The van der Waals surface area contributed by atoms with Crippen molar-refractivity contribution in [2.24, 2.45) is 11.7 Å². The first-order valence-corrected chi connectivity index (χ1v) is 7.10. The zero-order chi connectivity index (χ0) is 15.0. The van der Waals surface area contributed by atoms with Gasteiger partial charge in [-0.05, 0) is 31.7 Å². The van der Waals surface area contributed by atoms with Crippen molar-refractivity contribution >= 4 is 22.8 Å². The average molecular weight is 290 g/mol. The third kappa shape index (κ3) is 2.56. The van der Waals surface area contributed by atoms with Crippen LogP contribution in [0.5, 0.6) is 0 Å². The number of nitrogens with zero attached hydrogens (tertiary/aromatic N) is 3. The van der Waals surface area contributed by atoms with Gasteiger partial charge in [0.05, 0.1) is 4.92 Å². The van der Waals surface area contributed by atoms with E-state index in [2.05, 4.69) is 4.98 Å². The summed E-state index contributed by atoms with van der Waals surface area (Å²) in [6, 6.07) is 5.40. The third-order valence-electron chi connectivity index (χ3n) is 4.14. The number of rotatable bonds is 3. The maximum absolute atomic E-state index is 11.0. The second-order valence-corrected chi connectivity index (χ2v) is 5.56. The number of hydrogen-bond acceptors (Lipinski definition) is 6.